The number of rotatable bonds is 3. The van der Waals surface area contributed by atoms with Gasteiger partial charge in [-0.1, -0.05) is 23.7 Å². The maximum atomic E-state index is 11.5. The number of benzene rings is 1. The van der Waals surface area contributed by atoms with E-state index in [4.69, 9.17) is 21.3 Å². The Bertz CT molecular complexity index is 794. The van der Waals surface area contributed by atoms with Gasteiger partial charge in [-0.3, -0.25) is 4.79 Å². The molecule has 0 saturated carbocycles. The Hall–Kier alpha value is -1.63. The van der Waals surface area contributed by atoms with E-state index in [9.17, 15) is 4.79 Å². The van der Waals surface area contributed by atoms with Crippen molar-refractivity contribution in [2.75, 3.05) is 44.3 Å². The summed E-state index contributed by atoms with van der Waals surface area (Å²) in [5, 5.41) is 4.00. The van der Waals surface area contributed by atoms with Gasteiger partial charge in [-0.15, -0.1) is 11.3 Å². The molecule has 2 aliphatic heterocycles. The number of ether oxygens (including phenoxy) is 1. The molecule has 1 aromatic heterocycles. The Kier molecular flexibility index (Phi) is 5.39. The molecule has 0 radical (unpaired) electrons. The number of hydrogen-bond donors (Lipinski definition) is 0. The van der Waals surface area contributed by atoms with Gasteiger partial charge in [0.15, 0.2) is 5.13 Å². The average molecular weight is 406 g/mol. The molecule has 2 aromatic rings. The van der Waals surface area contributed by atoms with Gasteiger partial charge < -0.3 is 14.5 Å². The first-order valence-electron chi connectivity index (χ1n) is 9.39. The van der Waals surface area contributed by atoms with Gasteiger partial charge in [0.05, 0.1) is 5.69 Å². The lowest BCUT2D eigenvalue weighted by atomic mass is 9.72. The molecule has 0 unspecified atom stereocenters. The van der Waals surface area contributed by atoms with Crippen molar-refractivity contribution in [2.45, 2.75) is 25.2 Å². The Labute approximate surface area is 168 Å². The van der Waals surface area contributed by atoms with Crippen molar-refractivity contribution in [3.8, 4) is 0 Å². The zero-order valence-corrected chi connectivity index (χ0v) is 17.1. The van der Waals surface area contributed by atoms with Crippen molar-refractivity contribution < 1.29 is 9.53 Å². The predicted octanol–water partition coefficient (Wildman–Crippen LogP) is 3.56. The van der Waals surface area contributed by atoms with Crippen LogP contribution in [0.15, 0.2) is 29.6 Å². The molecule has 7 heteroatoms. The molecule has 4 rings (SSSR count). The maximum Gasteiger partial charge on any atom is 0.219 e. The summed E-state index contributed by atoms with van der Waals surface area (Å²) in [5.41, 5.74) is 2.27. The Balaban J connectivity index is 1.59. The molecule has 0 atom stereocenters. The van der Waals surface area contributed by atoms with Crippen LogP contribution in [0.2, 0.25) is 5.02 Å². The van der Waals surface area contributed by atoms with Crippen LogP contribution in [0.1, 0.15) is 31.0 Å². The standard InChI is InChI=1S/C20H24ClN3O2S/c1-15(25)23-8-10-24(11-9-23)19-22-18(14-27-19)20(6-12-26-13-7-20)16-2-4-17(21)5-3-16/h2-5,14H,6-13H2,1H3. The Morgan fingerprint density at radius 2 is 1.81 bits per heavy atom. The third kappa shape index (κ3) is 3.71. The van der Waals surface area contributed by atoms with Crippen LogP contribution in [0.3, 0.4) is 0 Å². The second-order valence-corrected chi connectivity index (χ2v) is 8.48. The number of piperazine rings is 1. The molecule has 0 N–H and O–H groups in total. The first kappa shape index (κ1) is 18.7. The van der Waals surface area contributed by atoms with E-state index in [2.05, 4.69) is 22.4 Å². The minimum absolute atomic E-state index is 0.112. The second-order valence-electron chi connectivity index (χ2n) is 7.21. The predicted molar refractivity (Wildman–Crippen MR) is 109 cm³/mol. The van der Waals surface area contributed by atoms with E-state index >= 15 is 0 Å². The highest BCUT2D eigenvalue weighted by atomic mass is 35.5. The van der Waals surface area contributed by atoms with E-state index in [0.717, 1.165) is 68.1 Å². The number of nitrogens with zero attached hydrogens (tertiary/aromatic N) is 3. The van der Waals surface area contributed by atoms with Gasteiger partial charge in [-0.2, -0.15) is 0 Å². The van der Waals surface area contributed by atoms with Crippen LogP contribution in [-0.4, -0.2) is 55.2 Å². The van der Waals surface area contributed by atoms with Crippen LogP contribution in [0.25, 0.3) is 0 Å². The fraction of sp³-hybridized carbons (Fsp3) is 0.500. The third-order valence-corrected chi connectivity index (χ3v) is 6.87. The quantitative estimate of drug-likeness (QED) is 0.783. The number of halogens is 1. The molecule has 1 amide bonds. The molecule has 3 heterocycles. The molecule has 2 fully saturated rings. The lowest BCUT2D eigenvalue weighted by Crippen LogP contribution is -2.48. The van der Waals surface area contributed by atoms with Crippen LogP contribution < -0.4 is 4.90 Å². The summed E-state index contributed by atoms with van der Waals surface area (Å²) in [6, 6.07) is 8.17. The van der Waals surface area contributed by atoms with Crippen LogP contribution in [-0.2, 0) is 14.9 Å². The zero-order valence-electron chi connectivity index (χ0n) is 15.5. The average Bonchev–Trinajstić information content (AvgIpc) is 3.20. The van der Waals surface area contributed by atoms with Crippen molar-refractivity contribution >= 4 is 34.0 Å². The van der Waals surface area contributed by atoms with Gasteiger partial charge in [-0.05, 0) is 30.5 Å². The fourth-order valence-electron chi connectivity index (χ4n) is 4.02. The first-order valence-corrected chi connectivity index (χ1v) is 10.6. The van der Waals surface area contributed by atoms with Gasteiger partial charge in [0.25, 0.3) is 0 Å². The number of carbonyl (C=O) groups is 1. The summed E-state index contributed by atoms with van der Waals surface area (Å²) in [6.45, 7) is 6.33. The first-order chi connectivity index (χ1) is 13.1. The van der Waals surface area contributed by atoms with Crippen molar-refractivity contribution in [3.63, 3.8) is 0 Å². The fourth-order valence-corrected chi connectivity index (χ4v) is 5.13. The largest absolute Gasteiger partial charge is 0.381 e. The molecule has 2 aliphatic rings. The van der Waals surface area contributed by atoms with Gasteiger partial charge in [0, 0.05) is 62.1 Å². The van der Waals surface area contributed by atoms with Crippen molar-refractivity contribution in [3.05, 3.63) is 45.9 Å². The van der Waals surface area contributed by atoms with Gasteiger partial charge in [-0.25, -0.2) is 4.98 Å². The number of anilines is 1. The van der Waals surface area contributed by atoms with E-state index in [0.29, 0.717) is 0 Å². The summed E-state index contributed by atoms with van der Waals surface area (Å²) in [5.74, 6) is 0.151. The maximum absolute atomic E-state index is 11.5. The molecular formula is C20H24ClN3O2S. The third-order valence-electron chi connectivity index (χ3n) is 5.72. The van der Waals surface area contributed by atoms with Gasteiger partial charge in [0.1, 0.15) is 0 Å². The topological polar surface area (TPSA) is 45.7 Å². The monoisotopic (exact) mass is 405 g/mol. The molecule has 27 heavy (non-hydrogen) atoms. The highest BCUT2D eigenvalue weighted by Gasteiger charge is 2.39. The number of hydrogen-bond acceptors (Lipinski definition) is 5. The Morgan fingerprint density at radius 3 is 2.44 bits per heavy atom. The van der Waals surface area contributed by atoms with E-state index < -0.39 is 0 Å². The molecule has 0 bridgehead atoms. The number of carbonyl (C=O) groups excluding carboxylic acids is 1. The van der Waals surface area contributed by atoms with Crippen LogP contribution >= 0.6 is 22.9 Å². The van der Waals surface area contributed by atoms with Crippen LogP contribution in [0.5, 0.6) is 0 Å². The summed E-state index contributed by atoms with van der Waals surface area (Å²) in [7, 11) is 0. The molecule has 1 aromatic carbocycles. The lowest BCUT2D eigenvalue weighted by molar-refractivity contribution is -0.129. The molecule has 0 aliphatic carbocycles. The molecule has 0 spiro atoms. The lowest BCUT2D eigenvalue weighted by Gasteiger charge is -2.37. The molecule has 5 nitrogen and oxygen atoms in total. The van der Waals surface area contributed by atoms with Crippen molar-refractivity contribution in [1.82, 2.24) is 9.88 Å². The van der Waals surface area contributed by atoms with Gasteiger partial charge in [0.2, 0.25) is 5.91 Å². The van der Waals surface area contributed by atoms with Crippen molar-refractivity contribution in [2.24, 2.45) is 0 Å². The zero-order chi connectivity index (χ0) is 18.9. The SMILES string of the molecule is CC(=O)N1CCN(c2nc(C3(c4ccc(Cl)cc4)CCOCC3)cs2)CC1. The van der Waals surface area contributed by atoms with E-state index in [1.165, 1.54) is 5.56 Å². The smallest absolute Gasteiger partial charge is 0.219 e. The number of thiazole rings is 1. The van der Waals surface area contributed by atoms with E-state index in [1.54, 1.807) is 18.3 Å². The summed E-state index contributed by atoms with van der Waals surface area (Å²) >= 11 is 7.81. The molecular weight excluding hydrogens is 382 g/mol. The highest BCUT2D eigenvalue weighted by Crippen LogP contribution is 2.42. The molecule has 2 saturated heterocycles. The van der Waals surface area contributed by atoms with Gasteiger partial charge >= 0.3 is 0 Å². The number of amides is 1. The summed E-state index contributed by atoms with van der Waals surface area (Å²) < 4.78 is 5.65. The Morgan fingerprint density at radius 1 is 1.15 bits per heavy atom. The minimum Gasteiger partial charge on any atom is -0.381 e. The van der Waals surface area contributed by atoms with Crippen LogP contribution in [0.4, 0.5) is 5.13 Å². The highest BCUT2D eigenvalue weighted by molar-refractivity contribution is 7.13. The van der Waals surface area contributed by atoms with Crippen LogP contribution in [0, 0.1) is 0 Å². The summed E-state index contributed by atoms with van der Waals surface area (Å²) in [6.07, 6.45) is 1.85. The second kappa shape index (κ2) is 7.78. The normalized spacial score (nSPS) is 19.9. The van der Waals surface area contributed by atoms with E-state index in [1.807, 2.05) is 17.0 Å². The minimum atomic E-state index is -0.112. The van der Waals surface area contributed by atoms with Crippen molar-refractivity contribution in [1.29, 1.82) is 0 Å². The van der Waals surface area contributed by atoms with E-state index in [-0.39, 0.29) is 11.3 Å². The number of aromatic nitrogens is 1. The molecule has 144 valence electrons. The summed E-state index contributed by atoms with van der Waals surface area (Å²) in [4.78, 5) is 20.8.